The highest BCUT2D eigenvalue weighted by Gasteiger charge is 2.24. The standard InChI is InChI=1S/C14H22N4O3/c1-3-5-15-14(20)18-7-4-6-17(8-9-18)13(19)12-10-11(2)21-16-12/h10H,3-9H2,1-2H3,(H,15,20). The van der Waals surface area contributed by atoms with E-state index in [1.165, 1.54) is 0 Å². The molecule has 1 N–H and O–H groups in total. The zero-order valence-electron chi connectivity index (χ0n) is 12.6. The number of aryl methyl sites for hydroxylation is 1. The molecule has 2 rings (SSSR count). The Bertz CT molecular complexity index is 500. The molecule has 7 nitrogen and oxygen atoms in total. The summed E-state index contributed by atoms with van der Waals surface area (Å²) in [4.78, 5) is 27.7. The zero-order valence-corrected chi connectivity index (χ0v) is 12.6. The third kappa shape index (κ3) is 3.96. The van der Waals surface area contributed by atoms with Crippen LogP contribution in [0, 0.1) is 6.92 Å². The molecule has 0 aliphatic carbocycles. The number of nitrogens with one attached hydrogen (secondary N) is 1. The molecule has 0 spiro atoms. The molecule has 0 atom stereocenters. The first kappa shape index (κ1) is 15.3. The van der Waals surface area contributed by atoms with Crippen molar-refractivity contribution in [2.24, 2.45) is 0 Å². The van der Waals surface area contributed by atoms with Gasteiger partial charge in [0.2, 0.25) is 0 Å². The van der Waals surface area contributed by atoms with Gasteiger partial charge in [-0.05, 0) is 19.8 Å². The van der Waals surface area contributed by atoms with Gasteiger partial charge in [0, 0.05) is 38.8 Å². The average Bonchev–Trinajstić information content (AvgIpc) is 2.76. The molecule has 7 heteroatoms. The summed E-state index contributed by atoms with van der Waals surface area (Å²) in [6.45, 7) is 6.80. The molecule has 116 valence electrons. The fourth-order valence-corrected chi connectivity index (χ4v) is 2.30. The summed E-state index contributed by atoms with van der Waals surface area (Å²) in [7, 11) is 0. The van der Waals surface area contributed by atoms with E-state index >= 15 is 0 Å². The van der Waals surface area contributed by atoms with E-state index in [2.05, 4.69) is 10.5 Å². The second-order valence-corrected chi connectivity index (χ2v) is 5.19. The van der Waals surface area contributed by atoms with Crippen LogP contribution < -0.4 is 5.32 Å². The lowest BCUT2D eigenvalue weighted by Gasteiger charge is -2.21. The molecule has 0 radical (unpaired) electrons. The Balaban J connectivity index is 1.91. The number of hydrogen-bond acceptors (Lipinski definition) is 4. The highest BCUT2D eigenvalue weighted by atomic mass is 16.5. The molecule has 0 bridgehead atoms. The van der Waals surface area contributed by atoms with Crippen LogP contribution in [0.4, 0.5) is 4.79 Å². The smallest absolute Gasteiger partial charge is 0.317 e. The summed E-state index contributed by atoms with van der Waals surface area (Å²) in [6, 6.07) is 1.59. The summed E-state index contributed by atoms with van der Waals surface area (Å²) < 4.78 is 4.94. The zero-order chi connectivity index (χ0) is 15.2. The third-order valence-corrected chi connectivity index (χ3v) is 3.44. The highest BCUT2D eigenvalue weighted by Crippen LogP contribution is 2.10. The molecule has 0 unspecified atom stereocenters. The van der Waals surface area contributed by atoms with Gasteiger partial charge >= 0.3 is 6.03 Å². The number of urea groups is 1. The summed E-state index contributed by atoms with van der Waals surface area (Å²) >= 11 is 0. The number of hydrogen-bond donors (Lipinski definition) is 1. The lowest BCUT2D eigenvalue weighted by molar-refractivity contribution is 0.0752. The monoisotopic (exact) mass is 294 g/mol. The molecule has 2 heterocycles. The first-order valence-electron chi connectivity index (χ1n) is 7.37. The summed E-state index contributed by atoms with van der Waals surface area (Å²) in [5, 5.41) is 6.62. The van der Waals surface area contributed by atoms with Crippen molar-refractivity contribution in [3.05, 3.63) is 17.5 Å². The van der Waals surface area contributed by atoms with E-state index in [1.54, 1.807) is 22.8 Å². The fourth-order valence-electron chi connectivity index (χ4n) is 2.30. The predicted octanol–water partition coefficient (Wildman–Crippen LogP) is 1.25. The molecular formula is C14H22N4O3. The molecule has 1 aliphatic rings. The normalized spacial score (nSPS) is 15.7. The van der Waals surface area contributed by atoms with Crippen molar-refractivity contribution < 1.29 is 14.1 Å². The molecule has 1 aromatic heterocycles. The second-order valence-electron chi connectivity index (χ2n) is 5.19. The quantitative estimate of drug-likeness (QED) is 0.910. The van der Waals surface area contributed by atoms with Crippen LogP contribution in [-0.4, -0.2) is 59.6 Å². The van der Waals surface area contributed by atoms with Crippen molar-refractivity contribution in [2.45, 2.75) is 26.7 Å². The Hall–Kier alpha value is -2.05. The molecule has 1 saturated heterocycles. The minimum Gasteiger partial charge on any atom is -0.361 e. The number of rotatable bonds is 3. The van der Waals surface area contributed by atoms with Gasteiger partial charge in [-0.25, -0.2) is 4.79 Å². The van der Waals surface area contributed by atoms with Crippen molar-refractivity contribution in [1.29, 1.82) is 0 Å². The number of amides is 3. The van der Waals surface area contributed by atoms with Gasteiger partial charge in [0.05, 0.1) is 0 Å². The van der Waals surface area contributed by atoms with E-state index in [-0.39, 0.29) is 11.9 Å². The topological polar surface area (TPSA) is 78.7 Å². The van der Waals surface area contributed by atoms with E-state index in [9.17, 15) is 9.59 Å². The minimum atomic E-state index is -0.136. The van der Waals surface area contributed by atoms with Crippen LogP contribution >= 0.6 is 0 Å². The van der Waals surface area contributed by atoms with Crippen LogP contribution in [0.1, 0.15) is 36.0 Å². The van der Waals surface area contributed by atoms with Gasteiger partial charge in [-0.3, -0.25) is 4.79 Å². The van der Waals surface area contributed by atoms with E-state index in [0.29, 0.717) is 44.2 Å². The minimum absolute atomic E-state index is 0.0524. The predicted molar refractivity (Wildman–Crippen MR) is 77.0 cm³/mol. The van der Waals surface area contributed by atoms with E-state index in [0.717, 1.165) is 12.8 Å². The first-order chi connectivity index (χ1) is 10.1. The number of nitrogens with zero attached hydrogens (tertiary/aromatic N) is 3. The molecule has 0 aromatic carbocycles. The molecular weight excluding hydrogens is 272 g/mol. The Kier molecular flexibility index (Phi) is 5.19. The van der Waals surface area contributed by atoms with Gasteiger partial charge in [-0.2, -0.15) is 0 Å². The van der Waals surface area contributed by atoms with E-state index in [1.807, 2.05) is 6.92 Å². The van der Waals surface area contributed by atoms with Gasteiger partial charge in [-0.1, -0.05) is 12.1 Å². The summed E-state index contributed by atoms with van der Waals surface area (Å²) in [5.41, 5.74) is 0.330. The maximum Gasteiger partial charge on any atom is 0.317 e. The van der Waals surface area contributed by atoms with Gasteiger partial charge in [0.15, 0.2) is 5.69 Å². The largest absolute Gasteiger partial charge is 0.361 e. The van der Waals surface area contributed by atoms with Crippen LogP contribution in [0.2, 0.25) is 0 Å². The summed E-state index contributed by atoms with van der Waals surface area (Å²) in [5.74, 6) is 0.483. The van der Waals surface area contributed by atoms with Crippen molar-refractivity contribution in [2.75, 3.05) is 32.7 Å². The third-order valence-electron chi connectivity index (χ3n) is 3.44. The highest BCUT2D eigenvalue weighted by molar-refractivity contribution is 5.92. The Morgan fingerprint density at radius 3 is 2.67 bits per heavy atom. The molecule has 21 heavy (non-hydrogen) atoms. The van der Waals surface area contributed by atoms with E-state index < -0.39 is 0 Å². The molecule has 1 aliphatic heterocycles. The first-order valence-corrected chi connectivity index (χ1v) is 7.37. The van der Waals surface area contributed by atoms with Crippen LogP contribution in [0.15, 0.2) is 10.6 Å². The van der Waals surface area contributed by atoms with Crippen LogP contribution in [-0.2, 0) is 0 Å². The molecule has 0 saturated carbocycles. The number of carbonyl (C=O) groups is 2. The Labute approximate surface area is 124 Å². The fraction of sp³-hybridized carbons (Fsp3) is 0.643. The van der Waals surface area contributed by atoms with Crippen LogP contribution in [0.5, 0.6) is 0 Å². The lowest BCUT2D eigenvalue weighted by Crippen LogP contribution is -2.42. The van der Waals surface area contributed by atoms with Gasteiger partial charge in [0.25, 0.3) is 5.91 Å². The van der Waals surface area contributed by atoms with Gasteiger partial charge < -0.3 is 19.6 Å². The maximum atomic E-state index is 12.3. The molecule has 1 aromatic rings. The van der Waals surface area contributed by atoms with Crippen molar-refractivity contribution in [3.8, 4) is 0 Å². The van der Waals surface area contributed by atoms with Crippen LogP contribution in [0.25, 0.3) is 0 Å². The maximum absolute atomic E-state index is 12.3. The average molecular weight is 294 g/mol. The number of aromatic nitrogens is 1. The lowest BCUT2D eigenvalue weighted by atomic mass is 10.3. The Morgan fingerprint density at radius 1 is 1.29 bits per heavy atom. The second kappa shape index (κ2) is 7.10. The van der Waals surface area contributed by atoms with Gasteiger partial charge in [-0.15, -0.1) is 0 Å². The SMILES string of the molecule is CCCNC(=O)N1CCCN(C(=O)c2cc(C)on2)CC1. The van der Waals surface area contributed by atoms with Crippen molar-refractivity contribution >= 4 is 11.9 Å². The van der Waals surface area contributed by atoms with Crippen molar-refractivity contribution in [3.63, 3.8) is 0 Å². The number of carbonyl (C=O) groups excluding carboxylic acids is 2. The van der Waals surface area contributed by atoms with Gasteiger partial charge in [0.1, 0.15) is 5.76 Å². The molecule has 1 fully saturated rings. The van der Waals surface area contributed by atoms with Crippen molar-refractivity contribution in [1.82, 2.24) is 20.3 Å². The van der Waals surface area contributed by atoms with Crippen LogP contribution in [0.3, 0.4) is 0 Å². The molecule has 3 amide bonds. The summed E-state index contributed by atoms with van der Waals surface area (Å²) in [6.07, 6.45) is 1.68. The Morgan fingerprint density at radius 2 is 2.00 bits per heavy atom. The van der Waals surface area contributed by atoms with E-state index in [4.69, 9.17) is 4.52 Å².